The van der Waals surface area contributed by atoms with Gasteiger partial charge in [-0.25, -0.2) is 8.42 Å². The zero-order valence-electron chi connectivity index (χ0n) is 14.0. The van der Waals surface area contributed by atoms with Crippen LogP contribution in [0.5, 0.6) is 5.75 Å². The number of carbonyl (C=O) groups excluding carboxylic acids is 2. The van der Waals surface area contributed by atoms with Crippen molar-refractivity contribution in [2.45, 2.75) is 17.7 Å². The summed E-state index contributed by atoms with van der Waals surface area (Å²) in [5, 5.41) is 0. The zero-order valence-corrected chi connectivity index (χ0v) is 14.8. The van der Waals surface area contributed by atoms with Gasteiger partial charge in [0.25, 0.3) is 5.91 Å². The fourth-order valence-electron chi connectivity index (χ4n) is 2.79. The van der Waals surface area contributed by atoms with Crippen molar-refractivity contribution in [2.24, 2.45) is 5.73 Å². The van der Waals surface area contributed by atoms with Gasteiger partial charge in [-0.15, -0.1) is 0 Å². The van der Waals surface area contributed by atoms with Gasteiger partial charge in [-0.3, -0.25) is 9.59 Å². The third-order valence-electron chi connectivity index (χ3n) is 4.18. The third-order valence-corrected chi connectivity index (χ3v) is 6.07. The van der Waals surface area contributed by atoms with Crippen molar-refractivity contribution < 1.29 is 22.7 Å². The van der Waals surface area contributed by atoms with Crippen LogP contribution < -0.4 is 10.5 Å². The summed E-state index contributed by atoms with van der Waals surface area (Å²) in [4.78, 5) is 26.5. The number of H-pyrrole nitrogens is 1. The summed E-state index contributed by atoms with van der Waals surface area (Å²) < 4.78 is 32.0. The SMILES string of the molecule is NC(=O)c1cc(S(=O)(=O)N2CCCC2)ccc1OCC(=O)c1ccc[nH]1. The lowest BCUT2D eigenvalue weighted by molar-refractivity contribution is 0.0908. The molecule has 1 aliphatic heterocycles. The quantitative estimate of drug-likeness (QED) is 0.701. The topological polar surface area (TPSA) is 123 Å². The van der Waals surface area contributed by atoms with Gasteiger partial charge >= 0.3 is 0 Å². The summed E-state index contributed by atoms with van der Waals surface area (Å²) in [6, 6.07) is 7.19. The van der Waals surface area contributed by atoms with Gasteiger partial charge in [0.05, 0.1) is 16.2 Å². The third kappa shape index (κ3) is 3.63. The molecule has 0 spiro atoms. The van der Waals surface area contributed by atoms with E-state index in [1.807, 2.05) is 0 Å². The zero-order chi connectivity index (χ0) is 18.7. The van der Waals surface area contributed by atoms with Gasteiger partial charge in [0.15, 0.2) is 6.61 Å². The molecule has 0 unspecified atom stereocenters. The smallest absolute Gasteiger partial charge is 0.252 e. The minimum Gasteiger partial charge on any atom is -0.485 e. The molecule has 8 nitrogen and oxygen atoms in total. The molecule has 1 fully saturated rings. The number of hydrogen-bond donors (Lipinski definition) is 2. The lowest BCUT2D eigenvalue weighted by atomic mass is 10.2. The van der Waals surface area contributed by atoms with E-state index in [4.69, 9.17) is 10.5 Å². The van der Waals surface area contributed by atoms with Gasteiger partial charge in [-0.2, -0.15) is 4.31 Å². The van der Waals surface area contributed by atoms with Crippen molar-refractivity contribution >= 4 is 21.7 Å². The number of sulfonamides is 1. The van der Waals surface area contributed by atoms with E-state index in [1.165, 1.54) is 22.5 Å². The molecule has 138 valence electrons. The van der Waals surface area contributed by atoms with Gasteiger partial charge in [0, 0.05) is 19.3 Å². The van der Waals surface area contributed by atoms with E-state index in [-0.39, 0.29) is 28.6 Å². The number of benzene rings is 1. The second-order valence-electron chi connectivity index (χ2n) is 5.93. The molecule has 1 aromatic heterocycles. The highest BCUT2D eigenvalue weighted by Gasteiger charge is 2.28. The first-order valence-electron chi connectivity index (χ1n) is 8.13. The number of amides is 1. The Bertz CT molecular complexity index is 916. The second-order valence-corrected chi connectivity index (χ2v) is 7.87. The maximum atomic E-state index is 12.6. The number of hydrogen-bond acceptors (Lipinski definition) is 5. The Labute approximate surface area is 151 Å². The van der Waals surface area contributed by atoms with E-state index in [0.717, 1.165) is 12.8 Å². The molecule has 1 aromatic carbocycles. The predicted molar refractivity (Wildman–Crippen MR) is 93.6 cm³/mol. The number of primary amides is 1. The molecule has 3 N–H and O–H groups in total. The van der Waals surface area contributed by atoms with E-state index in [2.05, 4.69) is 4.98 Å². The molecule has 26 heavy (non-hydrogen) atoms. The van der Waals surface area contributed by atoms with E-state index >= 15 is 0 Å². The molecule has 2 heterocycles. The first-order chi connectivity index (χ1) is 12.4. The first kappa shape index (κ1) is 18.2. The Morgan fingerprint density at radius 3 is 2.54 bits per heavy atom. The summed E-state index contributed by atoms with van der Waals surface area (Å²) in [5.41, 5.74) is 5.66. The Kier molecular flexibility index (Phi) is 5.10. The molecule has 9 heteroatoms. The summed E-state index contributed by atoms with van der Waals surface area (Å²) >= 11 is 0. The fraction of sp³-hybridized carbons (Fsp3) is 0.294. The molecule has 0 atom stereocenters. The molecular formula is C17H19N3O5S. The van der Waals surface area contributed by atoms with Gasteiger partial charge in [-0.05, 0) is 43.2 Å². The standard InChI is InChI=1S/C17H19N3O5S/c18-17(22)13-10-12(26(23,24)20-8-1-2-9-20)5-6-16(13)25-11-15(21)14-4-3-7-19-14/h3-7,10,19H,1-2,8-9,11H2,(H2,18,22). The molecule has 3 rings (SSSR count). The number of ether oxygens (including phenoxy) is 1. The van der Waals surface area contributed by atoms with Gasteiger partial charge in [-0.1, -0.05) is 0 Å². The second kappa shape index (κ2) is 7.30. The van der Waals surface area contributed by atoms with Gasteiger partial charge < -0.3 is 15.5 Å². The van der Waals surface area contributed by atoms with Gasteiger partial charge in [0.1, 0.15) is 5.75 Å². The van der Waals surface area contributed by atoms with E-state index in [0.29, 0.717) is 18.8 Å². The average Bonchev–Trinajstić information content (AvgIpc) is 3.32. The van der Waals surface area contributed by atoms with Crippen LogP contribution in [0, 0.1) is 0 Å². The highest BCUT2D eigenvalue weighted by Crippen LogP contribution is 2.26. The number of nitrogens with one attached hydrogen (secondary N) is 1. The predicted octanol–water partition coefficient (Wildman–Crippen LogP) is 1.16. The maximum Gasteiger partial charge on any atom is 0.252 e. The number of rotatable bonds is 7. The number of aromatic nitrogens is 1. The number of carbonyl (C=O) groups is 2. The highest BCUT2D eigenvalue weighted by atomic mass is 32.2. The summed E-state index contributed by atoms with van der Waals surface area (Å²) in [5.74, 6) is -1.07. The van der Waals surface area contributed by atoms with Crippen LogP contribution in [0.1, 0.15) is 33.7 Å². The van der Waals surface area contributed by atoms with Crippen LogP contribution >= 0.6 is 0 Å². The van der Waals surface area contributed by atoms with Crippen LogP contribution in [0.15, 0.2) is 41.4 Å². The van der Waals surface area contributed by atoms with Crippen molar-refractivity contribution in [1.82, 2.24) is 9.29 Å². The van der Waals surface area contributed by atoms with Crippen molar-refractivity contribution in [3.63, 3.8) is 0 Å². The Morgan fingerprint density at radius 2 is 1.92 bits per heavy atom. The van der Waals surface area contributed by atoms with E-state index in [1.54, 1.807) is 18.3 Å². The molecule has 2 aromatic rings. The van der Waals surface area contributed by atoms with Gasteiger partial charge in [0.2, 0.25) is 15.8 Å². The fourth-order valence-corrected chi connectivity index (χ4v) is 4.33. The Hall–Kier alpha value is -2.65. The number of aromatic amines is 1. The Balaban J connectivity index is 1.83. The van der Waals surface area contributed by atoms with Crippen LogP contribution in [0.2, 0.25) is 0 Å². The van der Waals surface area contributed by atoms with E-state index < -0.39 is 15.9 Å². The van der Waals surface area contributed by atoms with Crippen LogP contribution in [0.4, 0.5) is 0 Å². The molecule has 0 aliphatic carbocycles. The molecular weight excluding hydrogens is 358 g/mol. The highest BCUT2D eigenvalue weighted by molar-refractivity contribution is 7.89. The maximum absolute atomic E-state index is 12.6. The van der Waals surface area contributed by atoms with Crippen LogP contribution in [0.25, 0.3) is 0 Å². The molecule has 1 saturated heterocycles. The molecule has 1 aliphatic rings. The monoisotopic (exact) mass is 377 g/mol. The molecule has 1 amide bonds. The van der Waals surface area contributed by atoms with Crippen molar-refractivity contribution in [3.8, 4) is 5.75 Å². The minimum atomic E-state index is -3.68. The summed E-state index contributed by atoms with van der Waals surface area (Å²) in [7, 11) is -3.68. The first-order valence-corrected chi connectivity index (χ1v) is 9.57. The summed E-state index contributed by atoms with van der Waals surface area (Å²) in [6.45, 7) is 0.604. The largest absolute Gasteiger partial charge is 0.485 e. The summed E-state index contributed by atoms with van der Waals surface area (Å²) in [6.07, 6.45) is 3.23. The number of nitrogens with zero attached hydrogens (tertiary/aromatic N) is 1. The van der Waals surface area contributed by atoms with Crippen LogP contribution in [0.3, 0.4) is 0 Å². The number of ketones is 1. The number of Topliss-reactive ketones (excluding diaryl/α,β-unsaturated/α-hetero) is 1. The Morgan fingerprint density at radius 1 is 1.19 bits per heavy atom. The van der Waals surface area contributed by atoms with Crippen LogP contribution in [-0.4, -0.2) is 49.1 Å². The number of nitrogens with two attached hydrogens (primary N) is 1. The van der Waals surface area contributed by atoms with Crippen LogP contribution in [-0.2, 0) is 10.0 Å². The van der Waals surface area contributed by atoms with E-state index in [9.17, 15) is 18.0 Å². The molecule has 0 radical (unpaired) electrons. The molecule has 0 saturated carbocycles. The van der Waals surface area contributed by atoms with Crippen molar-refractivity contribution in [2.75, 3.05) is 19.7 Å². The normalized spacial score (nSPS) is 15.1. The van der Waals surface area contributed by atoms with Crippen molar-refractivity contribution in [3.05, 3.63) is 47.8 Å². The molecule has 0 bridgehead atoms. The lowest BCUT2D eigenvalue weighted by Crippen LogP contribution is -2.28. The van der Waals surface area contributed by atoms with Crippen molar-refractivity contribution in [1.29, 1.82) is 0 Å². The average molecular weight is 377 g/mol. The minimum absolute atomic E-state index is 0.0174. The lowest BCUT2D eigenvalue weighted by Gasteiger charge is -2.17.